The lowest BCUT2D eigenvalue weighted by atomic mass is 9.91. The summed E-state index contributed by atoms with van der Waals surface area (Å²) >= 11 is 3.38. The van der Waals surface area contributed by atoms with Crippen molar-refractivity contribution in [1.29, 1.82) is 0 Å². The van der Waals surface area contributed by atoms with Crippen molar-refractivity contribution >= 4 is 22.0 Å². The first-order chi connectivity index (χ1) is 7.24. The number of halogens is 1. The Morgan fingerprint density at radius 1 is 1.33 bits per heavy atom. The number of hydrogen-bond donors (Lipinski definition) is 1. The zero-order valence-electron chi connectivity index (χ0n) is 8.62. The molecule has 1 saturated carbocycles. The quantitative estimate of drug-likeness (QED) is 0.849. The highest BCUT2D eigenvalue weighted by atomic mass is 79.9. The fourth-order valence-corrected chi connectivity index (χ4v) is 2.07. The molecular formula is C12H15BrN2. The van der Waals surface area contributed by atoms with E-state index in [1.165, 1.54) is 5.57 Å². The maximum absolute atomic E-state index is 5.86. The second-order valence-corrected chi connectivity index (χ2v) is 4.96. The van der Waals surface area contributed by atoms with Crippen LogP contribution in [0.4, 0.5) is 0 Å². The molecule has 1 heterocycles. The molecule has 0 aromatic carbocycles. The summed E-state index contributed by atoms with van der Waals surface area (Å²) in [5, 5.41) is 0. The molecule has 0 atom stereocenters. The van der Waals surface area contributed by atoms with Crippen molar-refractivity contribution in [2.75, 3.05) is 0 Å². The minimum atomic E-state index is 0.403. The van der Waals surface area contributed by atoms with E-state index >= 15 is 0 Å². The second-order valence-electron chi connectivity index (χ2n) is 4.04. The molecular weight excluding hydrogens is 252 g/mol. The van der Waals surface area contributed by atoms with Gasteiger partial charge in [-0.3, -0.25) is 4.98 Å². The Morgan fingerprint density at radius 2 is 2.07 bits per heavy atom. The minimum Gasteiger partial charge on any atom is -0.328 e. The fraction of sp³-hybridized carbons (Fsp3) is 0.417. The van der Waals surface area contributed by atoms with Crippen LogP contribution in [0.1, 0.15) is 31.4 Å². The number of nitrogens with two attached hydrogens (primary N) is 1. The lowest BCUT2D eigenvalue weighted by Crippen LogP contribution is -2.23. The minimum absolute atomic E-state index is 0.403. The molecule has 1 aliphatic carbocycles. The number of hydrogen-bond acceptors (Lipinski definition) is 2. The van der Waals surface area contributed by atoms with Gasteiger partial charge in [-0.2, -0.15) is 0 Å². The van der Waals surface area contributed by atoms with Gasteiger partial charge in [0.2, 0.25) is 0 Å². The molecule has 2 N–H and O–H groups in total. The first-order valence-corrected chi connectivity index (χ1v) is 6.10. The summed E-state index contributed by atoms with van der Waals surface area (Å²) in [5.41, 5.74) is 8.38. The van der Waals surface area contributed by atoms with Crippen LogP contribution in [0.25, 0.3) is 6.08 Å². The zero-order chi connectivity index (χ0) is 10.7. The SMILES string of the molecule is NC1CCC(=Cc2ccc(Br)cn2)CC1. The normalized spacial score (nSPS) is 21.5. The van der Waals surface area contributed by atoms with Crippen LogP contribution in [-0.4, -0.2) is 11.0 Å². The highest BCUT2D eigenvalue weighted by Gasteiger charge is 2.12. The van der Waals surface area contributed by atoms with Crippen molar-refractivity contribution in [3.05, 3.63) is 34.1 Å². The van der Waals surface area contributed by atoms with E-state index in [1.54, 1.807) is 0 Å². The van der Waals surface area contributed by atoms with Crippen LogP contribution in [0.3, 0.4) is 0 Å². The predicted octanol–water partition coefficient (Wildman–Crippen LogP) is 3.13. The topological polar surface area (TPSA) is 38.9 Å². The molecule has 0 unspecified atom stereocenters. The molecule has 0 spiro atoms. The fourth-order valence-electron chi connectivity index (χ4n) is 1.84. The van der Waals surface area contributed by atoms with E-state index in [4.69, 9.17) is 5.73 Å². The molecule has 1 fully saturated rings. The average molecular weight is 267 g/mol. The van der Waals surface area contributed by atoms with Gasteiger partial charge >= 0.3 is 0 Å². The first kappa shape index (κ1) is 10.8. The smallest absolute Gasteiger partial charge is 0.0630 e. The molecule has 0 bridgehead atoms. The molecule has 2 nitrogen and oxygen atoms in total. The lowest BCUT2D eigenvalue weighted by molar-refractivity contribution is 0.514. The summed E-state index contributed by atoms with van der Waals surface area (Å²) in [6.07, 6.45) is 8.50. The Bertz CT molecular complexity index is 346. The number of pyridine rings is 1. The predicted molar refractivity (Wildman–Crippen MR) is 66.4 cm³/mol. The number of rotatable bonds is 1. The van der Waals surface area contributed by atoms with Gasteiger partial charge in [-0.25, -0.2) is 0 Å². The van der Waals surface area contributed by atoms with E-state index in [0.717, 1.165) is 35.8 Å². The molecule has 0 saturated heterocycles. The lowest BCUT2D eigenvalue weighted by Gasteiger charge is -2.19. The summed E-state index contributed by atoms with van der Waals surface area (Å²) < 4.78 is 1.02. The maximum Gasteiger partial charge on any atom is 0.0630 e. The third kappa shape index (κ3) is 3.14. The molecule has 0 radical (unpaired) electrons. The summed E-state index contributed by atoms with van der Waals surface area (Å²) in [6.45, 7) is 0. The van der Waals surface area contributed by atoms with Crippen molar-refractivity contribution in [3.8, 4) is 0 Å². The molecule has 3 heteroatoms. The van der Waals surface area contributed by atoms with Crippen LogP contribution < -0.4 is 5.73 Å². The molecule has 15 heavy (non-hydrogen) atoms. The molecule has 1 aromatic heterocycles. The van der Waals surface area contributed by atoms with Gasteiger partial charge in [0.1, 0.15) is 0 Å². The van der Waals surface area contributed by atoms with E-state index in [1.807, 2.05) is 18.3 Å². The van der Waals surface area contributed by atoms with Crippen molar-refractivity contribution in [1.82, 2.24) is 4.98 Å². The van der Waals surface area contributed by atoms with E-state index < -0.39 is 0 Å². The van der Waals surface area contributed by atoms with Crippen LogP contribution in [-0.2, 0) is 0 Å². The van der Waals surface area contributed by atoms with E-state index in [0.29, 0.717) is 6.04 Å². The van der Waals surface area contributed by atoms with Gasteiger partial charge in [-0.05, 0) is 59.8 Å². The van der Waals surface area contributed by atoms with E-state index in [2.05, 4.69) is 27.0 Å². The van der Waals surface area contributed by atoms with Gasteiger partial charge < -0.3 is 5.73 Å². The van der Waals surface area contributed by atoms with Crippen LogP contribution in [0, 0.1) is 0 Å². The Labute approximate surface area is 98.7 Å². The Balaban J connectivity index is 2.06. The van der Waals surface area contributed by atoms with Crippen molar-refractivity contribution < 1.29 is 0 Å². The highest BCUT2D eigenvalue weighted by Crippen LogP contribution is 2.24. The maximum atomic E-state index is 5.86. The third-order valence-electron chi connectivity index (χ3n) is 2.77. The Hall–Kier alpha value is -0.670. The van der Waals surface area contributed by atoms with Gasteiger partial charge in [0.25, 0.3) is 0 Å². The largest absolute Gasteiger partial charge is 0.328 e. The molecule has 1 aliphatic rings. The molecule has 0 aliphatic heterocycles. The van der Waals surface area contributed by atoms with Crippen LogP contribution in [0.5, 0.6) is 0 Å². The van der Waals surface area contributed by atoms with Crippen LogP contribution >= 0.6 is 15.9 Å². The molecule has 1 aromatic rings. The van der Waals surface area contributed by atoms with Gasteiger partial charge in [0.05, 0.1) is 5.69 Å². The van der Waals surface area contributed by atoms with Gasteiger partial charge in [0.15, 0.2) is 0 Å². The summed E-state index contributed by atoms with van der Waals surface area (Å²) in [6, 6.07) is 4.46. The van der Waals surface area contributed by atoms with E-state index in [9.17, 15) is 0 Å². The first-order valence-electron chi connectivity index (χ1n) is 5.30. The highest BCUT2D eigenvalue weighted by molar-refractivity contribution is 9.10. The number of aromatic nitrogens is 1. The summed E-state index contributed by atoms with van der Waals surface area (Å²) in [4.78, 5) is 4.34. The average Bonchev–Trinajstić information content (AvgIpc) is 2.25. The van der Waals surface area contributed by atoms with Crippen molar-refractivity contribution in [3.63, 3.8) is 0 Å². The summed E-state index contributed by atoms with van der Waals surface area (Å²) in [5.74, 6) is 0. The van der Waals surface area contributed by atoms with Crippen molar-refractivity contribution in [2.45, 2.75) is 31.7 Å². The van der Waals surface area contributed by atoms with Gasteiger partial charge in [-0.1, -0.05) is 5.57 Å². The number of allylic oxidation sites excluding steroid dienone is 1. The Morgan fingerprint density at radius 3 is 2.67 bits per heavy atom. The second kappa shape index (κ2) is 4.90. The zero-order valence-corrected chi connectivity index (χ0v) is 10.2. The van der Waals surface area contributed by atoms with Gasteiger partial charge in [0, 0.05) is 16.7 Å². The Kier molecular flexibility index (Phi) is 3.54. The summed E-state index contributed by atoms with van der Waals surface area (Å²) in [7, 11) is 0. The monoisotopic (exact) mass is 266 g/mol. The van der Waals surface area contributed by atoms with Crippen LogP contribution in [0.15, 0.2) is 28.4 Å². The standard InChI is InChI=1S/C12H15BrN2/c13-10-3-6-12(15-8-10)7-9-1-4-11(14)5-2-9/h3,6-8,11H,1-2,4-5,14H2. The molecule has 0 amide bonds. The third-order valence-corrected chi connectivity index (χ3v) is 3.24. The number of nitrogens with zero attached hydrogens (tertiary/aromatic N) is 1. The molecule has 80 valence electrons. The van der Waals surface area contributed by atoms with E-state index in [-0.39, 0.29) is 0 Å². The van der Waals surface area contributed by atoms with Gasteiger partial charge in [-0.15, -0.1) is 0 Å². The van der Waals surface area contributed by atoms with Crippen LogP contribution in [0.2, 0.25) is 0 Å². The molecule has 2 rings (SSSR count). The van der Waals surface area contributed by atoms with Crippen molar-refractivity contribution in [2.24, 2.45) is 5.73 Å².